The normalized spacial score (nSPS) is 20.7. The lowest BCUT2D eigenvalue weighted by molar-refractivity contribution is 0.184. The first-order valence-corrected chi connectivity index (χ1v) is 11.9. The van der Waals surface area contributed by atoms with E-state index in [0.717, 1.165) is 69.9 Å². The van der Waals surface area contributed by atoms with Crippen LogP contribution in [0.15, 0.2) is 35.4 Å². The maximum atomic E-state index is 14.7. The van der Waals surface area contributed by atoms with Crippen molar-refractivity contribution in [1.82, 2.24) is 24.8 Å². The summed E-state index contributed by atoms with van der Waals surface area (Å²) in [6.45, 7) is 4.75. The van der Waals surface area contributed by atoms with Crippen LogP contribution in [0.2, 0.25) is 0 Å². The number of aromatic nitrogens is 3. The van der Waals surface area contributed by atoms with Crippen LogP contribution in [-0.4, -0.2) is 51.7 Å². The molecule has 7 nitrogen and oxygen atoms in total. The van der Waals surface area contributed by atoms with Crippen molar-refractivity contribution >= 4 is 11.0 Å². The summed E-state index contributed by atoms with van der Waals surface area (Å²) in [6, 6.07) is 5.84. The second-order valence-electron chi connectivity index (χ2n) is 9.42. The number of ether oxygens (including phenoxy) is 1. The van der Waals surface area contributed by atoms with Gasteiger partial charge in [0.15, 0.2) is 0 Å². The highest BCUT2D eigenvalue weighted by Gasteiger charge is 2.31. The summed E-state index contributed by atoms with van der Waals surface area (Å²) in [4.78, 5) is 23.5. The van der Waals surface area contributed by atoms with Gasteiger partial charge in [-0.3, -0.25) is 14.8 Å². The molecule has 172 valence electrons. The Morgan fingerprint density at radius 1 is 1.18 bits per heavy atom. The highest BCUT2D eigenvalue weighted by atomic mass is 19.1. The molecule has 1 fully saturated rings. The summed E-state index contributed by atoms with van der Waals surface area (Å²) in [7, 11) is 0. The standard InChI is InChI=1S/C25H28FN5O2/c26-20-12-29-21-3-4-23(32)31-15-17(24(20)25(21)31)14-30-7-5-18(6-8-30)27-11-19-10-16-2-1-9-33-22(16)13-28-19/h3-4,10,12-13,17-18,27H,1-2,5-9,11,14-15H2. The first kappa shape index (κ1) is 20.7. The van der Waals surface area contributed by atoms with Crippen LogP contribution < -0.4 is 15.6 Å². The number of likely N-dealkylation sites (tertiary alicyclic amines) is 1. The molecular weight excluding hydrogens is 421 g/mol. The highest BCUT2D eigenvalue weighted by molar-refractivity contribution is 5.80. The van der Waals surface area contributed by atoms with Crippen LogP contribution in [-0.2, 0) is 19.5 Å². The fourth-order valence-electron chi connectivity index (χ4n) is 5.58. The lowest BCUT2D eigenvalue weighted by Crippen LogP contribution is -2.43. The zero-order chi connectivity index (χ0) is 22.4. The topological polar surface area (TPSA) is 72.3 Å². The van der Waals surface area contributed by atoms with Crippen molar-refractivity contribution in [3.8, 4) is 5.75 Å². The lowest BCUT2D eigenvalue weighted by Gasteiger charge is -2.34. The van der Waals surface area contributed by atoms with Crippen LogP contribution in [0, 0.1) is 5.82 Å². The van der Waals surface area contributed by atoms with E-state index in [1.54, 1.807) is 10.6 Å². The third-order valence-electron chi connectivity index (χ3n) is 7.29. The van der Waals surface area contributed by atoms with E-state index in [1.807, 2.05) is 6.20 Å². The van der Waals surface area contributed by atoms with E-state index in [0.29, 0.717) is 29.2 Å². The average molecular weight is 450 g/mol. The lowest BCUT2D eigenvalue weighted by atomic mass is 9.98. The molecule has 3 aliphatic rings. The minimum atomic E-state index is -0.302. The molecule has 3 aliphatic heterocycles. The summed E-state index contributed by atoms with van der Waals surface area (Å²) in [5, 5.41) is 3.66. The predicted octanol–water partition coefficient (Wildman–Crippen LogP) is 2.61. The van der Waals surface area contributed by atoms with Crippen molar-refractivity contribution in [2.45, 2.75) is 50.7 Å². The van der Waals surface area contributed by atoms with Crippen molar-refractivity contribution in [3.05, 3.63) is 63.6 Å². The highest BCUT2D eigenvalue weighted by Crippen LogP contribution is 2.34. The number of pyridine rings is 3. The molecule has 0 amide bonds. The molecular formula is C25H28FN5O2. The number of fused-ring (bicyclic) bond motifs is 1. The second kappa shape index (κ2) is 8.50. The summed E-state index contributed by atoms with van der Waals surface area (Å²) >= 11 is 0. The number of hydrogen-bond acceptors (Lipinski definition) is 6. The molecule has 6 rings (SSSR count). The fraction of sp³-hybridized carbons (Fsp3) is 0.480. The SMILES string of the molecule is O=c1ccc2ncc(F)c3c2n1CC3CN1CCC(NCc2cc3c(cn2)OCCC3)CC1. The Bertz CT molecular complexity index is 1250. The van der Waals surface area contributed by atoms with Crippen LogP contribution in [0.25, 0.3) is 11.0 Å². The van der Waals surface area contributed by atoms with Gasteiger partial charge < -0.3 is 19.5 Å². The summed E-state index contributed by atoms with van der Waals surface area (Å²) in [6.07, 6.45) is 7.36. The van der Waals surface area contributed by atoms with Gasteiger partial charge in [-0.15, -0.1) is 0 Å². The molecule has 8 heteroatoms. The van der Waals surface area contributed by atoms with Gasteiger partial charge in [-0.05, 0) is 56.5 Å². The van der Waals surface area contributed by atoms with Crippen molar-refractivity contribution in [3.63, 3.8) is 0 Å². The molecule has 1 unspecified atom stereocenters. The van der Waals surface area contributed by atoms with Crippen LogP contribution >= 0.6 is 0 Å². The van der Waals surface area contributed by atoms with Crippen LogP contribution in [0.1, 0.15) is 42.0 Å². The minimum Gasteiger partial charge on any atom is -0.492 e. The van der Waals surface area contributed by atoms with Crippen LogP contribution in [0.3, 0.4) is 0 Å². The minimum absolute atomic E-state index is 0.0166. The van der Waals surface area contributed by atoms with Crippen molar-refractivity contribution < 1.29 is 9.13 Å². The smallest absolute Gasteiger partial charge is 0.251 e. The molecule has 1 saturated heterocycles. The van der Waals surface area contributed by atoms with Crippen LogP contribution in [0.4, 0.5) is 4.39 Å². The van der Waals surface area contributed by atoms with Crippen molar-refractivity contribution in [1.29, 1.82) is 0 Å². The van der Waals surface area contributed by atoms with Gasteiger partial charge in [0.05, 0.1) is 35.7 Å². The summed E-state index contributed by atoms with van der Waals surface area (Å²) < 4.78 is 22.0. The Morgan fingerprint density at radius 3 is 2.94 bits per heavy atom. The monoisotopic (exact) mass is 449 g/mol. The third-order valence-corrected chi connectivity index (χ3v) is 7.29. The molecule has 0 radical (unpaired) electrons. The van der Waals surface area contributed by atoms with Crippen LogP contribution in [0.5, 0.6) is 5.75 Å². The Balaban J connectivity index is 1.06. The maximum Gasteiger partial charge on any atom is 0.251 e. The Kier molecular flexibility index (Phi) is 5.34. The van der Waals surface area contributed by atoms with Gasteiger partial charge in [-0.1, -0.05) is 0 Å². The number of nitrogens with one attached hydrogen (secondary N) is 1. The molecule has 1 atom stereocenters. The van der Waals surface area contributed by atoms with E-state index in [2.05, 4.69) is 26.3 Å². The molecule has 0 aliphatic carbocycles. The number of halogens is 1. The Labute approximate surface area is 191 Å². The third kappa shape index (κ3) is 3.91. The average Bonchev–Trinajstić information content (AvgIpc) is 3.23. The zero-order valence-electron chi connectivity index (χ0n) is 18.6. The Morgan fingerprint density at radius 2 is 2.06 bits per heavy atom. The fourth-order valence-corrected chi connectivity index (χ4v) is 5.58. The maximum absolute atomic E-state index is 14.7. The number of aryl methyl sites for hydroxylation is 1. The predicted molar refractivity (Wildman–Crippen MR) is 123 cm³/mol. The number of rotatable bonds is 5. The molecule has 0 saturated carbocycles. The van der Waals surface area contributed by atoms with Crippen molar-refractivity contribution in [2.75, 3.05) is 26.2 Å². The molecule has 0 spiro atoms. The number of piperidine rings is 1. The van der Waals surface area contributed by atoms with Gasteiger partial charge in [0.1, 0.15) is 11.6 Å². The van der Waals surface area contributed by atoms with E-state index in [-0.39, 0.29) is 17.3 Å². The van der Waals surface area contributed by atoms with E-state index in [9.17, 15) is 9.18 Å². The molecule has 0 bridgehead atoms. The van der Waals surface area contributed by atoms with E-state index in [4.69, 9.17) is 4.74 Å². The largest absolute Gasteiger partial charge is 0.492 e. The molecule has 0 aromatic carbocycles. The number of nitrogens with zero attached hydrogens (tertiary/aromatic N) is 4. The quantitative estimate of drug-likeness (QED) is 0.646. The van der Waals surface area contributed by atoms with E-state index in [1.165, 1.54) is 17.8 Å². The van der Waals surface area contributed by atoms with Gasteiger partial charge in [-0.2, -0.15) is 0 Å². The Hall–Kier alpha value is -2.84. The molecule has 3 aromatic rings. The second-order valence-corrected chi connectivity index (χ2v) is 9.42. The molecule has 3 aromatic heterocycles. The van der Waals surface area contributed by atoms with Crippen molar-refractivity contribution in [2.24, 2.45) is 0 Å². The van der Waals surface area contributed by atoms with Gasteiger partial charge in [0.2, 0.25) is 0 Å². The summed E-state index contributed by atoms with van der Waals surface area (Å²) in [5.41, 5.74) is 4.26. The first-order chi connectivity index (χ1) is 16.2. The van der Waals surface area contributed by atoms with Gasteiger partial charge in [0.25, 0.3) is 5.56 Å². The zero-order valence-corrected chi connectivity index (χ0v) is 18.6. The molecule has 1 N–H and O–H groups in total. The van der Waals surface area contributed by atoms with E-state index >= 15 is 0 Å². The molecule has 33 heavy (non-hydrogen) atoms. The van der Waals surface area contributed by atoms with Gasteiger partial charge in [-0.25, -0.2) is 4.39 Å². The number of hydrogen-bond donors (Lipinski definition) is 1. The van der Waals surface area contributed by atoms with Gasteiger partial charge >= 0.3 is 0 Å². The molecule has 6 heterocycles. The summed E-state index contributed by atoms with van der Waals surface area (Å²) in [5.74, 6) is 0.610. The van der Waals surface area contributed by atoms with Gasteiger partial charge in [0, 0.05) is 43.2 Å². The first-order valence-electron chi connectivity index (χ1n) is 11.9. The van der Waals surface area contributed by atoms with E-state index < -0.39 is 0 Å².